The van der Waals surface area contributed by atoms with Crippen molar-refractivity contribution in [2.24, 2.45) is 0 Å². The predicted octanol–water partition coefficient (Wildman–Crippen LogP) is -0.965. The molecule has 0 aliphatic carbocycles. The van der Waals surface area contributed by atoms with Gasteiger partial charge in [0, 0.05) is 0 Å². The summed E-state index contributed by atoms with van der Waals surface area (Å²) in [5.74, 6) is 0. The molecule has 56 valence electrons. The zero-order valence-electron chi connectivity index (χ0n) is 7.24. The van der Waals surface area contributed by atoms with E-state index in [9.17, 15) is 0 Å². The Kier molecular flexibility index (Phi) is 7.38. The molecule has 0 bridgehead atoms. The molecule has 0 fully saturated rings. The first-order valence-corrected chi connectivity index (χ1v) is 3.16. The van der Waals surface area contributed by atoms with Gasteiger partial charge in [0.25, 0.3) is 0 Å². The summed E-state index contributed by atoms with van der Waals surface area (Å²) in [6.07, 6.45) is 0. The van der Waals surface area contributed by atoms with Crippen molar-refractivity contribution < 1.29 is 12.4 Å². The first-order valence-electron chi connectivity index (χ1n) is 3.16. The molecule has 0 aromatic heterocycles. The first-order chi connectivity index (χ1) is 4.22. The Labute approximate surface area is 90.9 Å². The van der Waals surface area contributed by atoms with Crippen LogP contribution >= 0.6 is 0 Å². The second-order valence-corrected chi connectivity index (χ2v) is 2.41. The molecule has 0 radical (unpaired) electrons. The molecular formula is C9H11ClMg. The molecule has 0 atom stereocenters. The molecule has 2 heteroatoms. The summed E-state index contributed by atoms with van der Waals surface area (Å²) in [6.45, 7) is 6.33. The largest absolute Gasteiger partial charge is 2.00 e. The minimum Gasteiger partial charge on any atom is -1.00 e. The number of hydrogen-bond donors (Lipinski definition) is 0. The number of hydrogen-bond acceptors (Lipinski definition) is 0. The molecular weight excluding hydrogens is 168 g/mol. The van der Waals surface area contributed by atoms with Crippen molar-refractivity contribution in [3.05, 3.63) is 34.9 Å². The third kappa shape index (κ3) is 3.45. The molecule has 0 spiro atoms. The molecule has 0 saturated heterocycles. The van der Waals surface area contributed by atoms with Crippen molar-refractivity contribution in [3.8, 4) is 0 Å². The van der Waals surface area contributed by atoms with Gasteiger partial charge in [-0.25, -0.2) is 0 Å². The minimum atomic E-state index is 0. The third-order valence-corrected chi connectivity index (χ3v) is 1.79. The van der Waals surface area contributed by atoms with Crippen LogP contribution in [0.2, 0.25) is 0 Å². The zero-order chi connectivity index (χ0) is 6.85. The molecule has 0 saturated carbocycles. The van der Waals surface area contributed by atoms with E-state index >= 15 is 0 Å². The maximum Gasteiger partial charge on any atom is 2.00 e. The van der Waals surface area contributed by atoms with Gasteiger partial charge in [0.05, 0.1) is 0 Å². The van der Waals surface area contributed by atoms with Gasteiger partial charge in [0.2, 0.25) is 0 Å². The first kappa shape index (κ1) is 13.8. The zero-order valence-corrected chi connectivity index (χ0v) is 9.41. The van der Waals surface area contributed by atoms with E-state index in [2.05, 4.69) is 32.9 Å². The maximum atomic E-state index is 3.14. The number of aryl methyl sites for hydroxylation is 2. The van der Waals surface area contributed by atoms with E-state index in [-0.39, 0.29) is 35.5 Å². The summed E-state index contributed by atoms with van der Waals surface area (Å²) in [7, 11) is 0. The van der Waals surface area contributed by atoms with Gasteiger partial charge < -0.3 is 12.4 Å². The van der Waals surface area contributed by atoms with E-state index in [1.807, 2.05) is 6.07 Å². The quantitative estimate of drug-likeness (QED) is 0.355. The molecule has 0 heterocycles. The molecule has 11 heavy (non-hydrogen) atoms. The van der Waals surface area contributed by atoms with Gasteiger partial charge in [0.15, 0.2) is 0 Å². The van der Waals surface area contributed by atoms with Gasteiger partial charge >= 0.3 is 23.1 Å². The predicted molar refractivity (Wildman–Crippen MR) is 45.2 cm³/mol. The van der Waals surface area contributed by atoms with Crippen LogP contribution in [0.5, 0.6) is 0 Å². The average molecular weight is 179 g/mol. The normalized spacial score (nSPS) is 7.91. The summed E-state index contributed by atoms with van der Waals surface area (Å²) in [6, 6.07) is 7.20. The summed E-state index contributed by atoms with van der Waals surface area (Å²) < 4.78 is 0. The van der Waals surface area contributed by atoms with Gasteiger partial charge in [-0.1, -0.05) is 20.8 Å². The van der Waals surface area contributed by atoms with E-state index < -0.39 is 0 Å². The van der Waals surface area contributed by atoms with Crippen molar-refractivity contribution in [1.82, 2.24) is 0 Å². The molecule has 1 aromatic rings. The molecule has 1 rings (SSSR count). The SMILES string of the molecule is Cc1[c-]ccc(C)c1C.[Cl-].[Mg+2]. The van der Waals surface area contributed by atoms with Gasteiger partial charge in [0.1, 0.15) is 0 Å². The molecule has 0 amide bonds. The van der Waals surface area contributed by atoms with Crippen LogP contribution in [0.4, 0.5) is 0 Å². The number of rotatable bonds is 0. The van der Waals surface area contributed by atoms with E-state index in [4.69, 9.17) is 0 Å². The van der Waals surface area contributed by atoms with Crippen LogP contribution in [-0.2, 0) is 0 Å². The average Bonchev–Trinajstić information content (AvgIpc) is 1.83. The second kappa shape index (κ2) is 5.87. The number of benzene rings is 1. The Balaban J connectivity index is 0. The Hall–Kier alpha value is 0.276. The summed E-state index contributed by atoms with van der Waals surface area (Å²) in [4.78, 5) is 0. The molecule has 0 N–H and O–H groups in total. The van der Waals surface area contributed by atoms with Crippen LogP contribution in [0.1, 0.15) is 16.7 Å². The number of halogens is 1. The fraction of sp³-hybridized carbons (Fsp3) is 0.333. The summed E-state index contributed by atoms with van der Waals surface area (Å²) in [5.41, 5.74) is 3.97. The molecule has 0 unspecified atom stereocenters. The van der Waals surface area contributed by atoms with Crippen LogP contribution in [-0.4, -0.2) is 23.1 Å². The van der Waals surface area contributed by atoms with Crippen molar-refractivity contribution in [2.45, 2.75) is 20.8 Å². The smallest absolute Gasteiger partial charge is 1.00 e. The van der Waals surface area contributed by atoms with E-state index in [1.54, 1.807) is 0 Å². The molecule has 0 aliphatic rings. The Morgan fingerprint density at radius 1 is 1.18 bits per heavy atom. The molecule has 1 aromatic carbocycles. The fourth-order valence-corrected chi connectivity index (χ4v) is 0.821. The van der Waals surface area contributed by atoms with Crippen molar-refractivity contribution in [2.75, 3.05) is 0 Å². The summed E-state index contributed by atoms with van der Waals surface area (Å²) in [5, 5.41) is 0. The van der Waals surface area contributed by atoms with Crippen molar-refractivity contribution in [1.29, 1.82) is 0 Å². The van der Waals surface area contributed by atoms with Gasteiger partial charge in [-0.3, -0.25) is 0 Å². The van der Waals surface area contributed by atoms with E-state index in [0.29, 0.717) is 0 Å². The standard InChI is InChI=1S/C9H11.ClH.Mg/c1-7-5-4-6-8(2)9(7)3;;/h4-5H,1-3H3;1H;/q-1;;+2/p-1. The topological polar surface area (TPSA) is 0 Å². The Morgan fingerprint density at radius 2 is 1.73 bits per heavy atom. The fourth-order valence-electron chi connectivity index (χ4n) is 0.821. The third-order valence-electron chi connectivity index (χ3n) is 1.79. The van der Waals surface area contributed by atoms with Crippen LogP contribution in [0.25, 0.3) is 0 Å². The van der Waals surface area contributed by atoms with E-state index in [0.717, 1.165) is 0 Å². The Bertz CT molecular complexity index is 201. The van der Waals surface area contributed by atoms with Crippen LogP contribution < -0.4 is 12.4 Å². The maximum absolute atomic E-state index is 3.14. The van der Waals surface area contributed by atoms with Crippen LogP contribution in [0.15, 0.2) is 12.1 Å². The van der Waals surface area contributed by atoms with Crippen LogP contribution in [0, 0.1) is 26.8 Å². The Morgan fingerprint density at radius 3 is 2.09 bits per heavy atom. The second-order valence-electron chi connectivity index (χ2n) is 2.41. The van der Waals surface area contributed by atoms with Gasteiger partial charge in [-0.2, -0.15) is 34.9 Å². The van der Waals surface area contributed by atoms with Crippen molar-refractivity contribution >= 4 is 23.1 Å². The monoisotopic (exact) mass is 178 g/mol. The van der Waals surface area contributed by atoms with Gasteiger partial charge in [-0.15, -0.1) is 0 Å². The minimum absolute atomic E-state index is 0. The van der Waals surface area contributed by atoms with Crippen molar-refractivity contribution in [3.63, 3.8) is 0 Å². The summed E-state index contributed by atoms with van der Waals surface area (Å²) >= 11 is 0. The molecule has 0 aliphatic heterocycles. The van der Waals surface area contributed by atoms with E-state index in [1.165, 1.54) is 16.7 Å². The van der Waals surface area contributed by atoms with Crippen LogP contribution in [0.3, 0.4) is 0 Å². The molecule has 0 nitrogen and oxygen atoms in total. The van der Waals surface area contributed by atoms with Gasteiger partial charge in [-0.05, 0) is 0 Å².